The van der Waals surface area contributed by atoms with Crippen LogP contribution in [0.5, 0.6) is 5.75 Å². The van der Waals surface area contributed by atoms with Crippen LogP contribution in [0, 0.1) is 10.1 Å². The van der Waals surface area contributed by atoms with Gasteiger partial charge in [-0.2, -0.15) is 0 Å². The number of hydrogen-bond donors (Lipinski definition) is 0. The number of non-ortho nitro benzene ring substituents is 1. The molecule has 2 aromatic rings. The van der Waals surface area contributed by atoms with Crippen LogP contribution in [0.1, 0.15) is 24.0 Å². The van der Waals surface area contributed by atoms with Crippen molar-refractivity contribution in [2.45, 2.75) is 12.8 Å². The average Bonchev–Trinajstić information content (AvgIpc) is 2.74. The lowest BCUT2D eigenvalue weighted by Crippen LogP contribution is -2.36. The molecule has 3 rings (SSSR count). The van der Waals surface area contributed by atoms with Crippen LogP contribution < -0.4 is 4.74 Å². The third-order valence-electron chi connectivity index (χ3n) is 4.69. The predicted molar refractivity (Wildman–Crippen MR) is 110 cm³/mol. The highest BCUT2D eigenvalue weighted by Gasteiger charge is 2.09. The molecule has 0 radical (unpaired) electrons. The first-order chi connectivity index (χ1) is 13.7. The van der Waals surface area contributed by atoms with E-state index in [2.05, 4.69) is 4.90 Å². The highest BCUT2D eigenvalue weighted by Crippen LogP contribution is 2.17. The largest absolute Gasteiger partial charge is 0.494 e. The predicted octanol–water partition coefficient (Wildman–Crippen LogP) is 4.26. The van der Waals surface area contributed by atoms with E-state index in [1.807, 2.05) is 36.4 Å². The maximum atomic E-state index is 10.7. The Balaban J connectivity index is 1.38. The first-order valence-corrected chi connectivity index (χ1v) is 9.66. The molecule has 6 nitrogen and oxygen atoms in total. The number of morpholine rings is 1. The highest BCUT2D eigenvalue weighted by atomic mass is 16.6. The summed E-state index contributed by atoms with van der Waals surface area (Å²) in [5.41, 5.74) is 2.08. The summed E-state index contributed by atoms with van der Waals surface area (Å²) in [4.78, 5) is 12.7. The Hall–Kier alpha value is -2.70. The van der Waals surface area contributed by atoms with E-state index in [-0.39, 0.29) is 5.69 Å². The minimum atomic E-state index is -0.394. The highest BCUT2D eigenvalue weighted by molar-refractivity contribution is 5.70. The zero-order valence-corrected chi connectivity index (χ0v) is 16.0. The van der Waals surface area contributed by atoms with Crippen molar-refractivity contribution >= 4 is 17.8 Å². The molecular formula is C22H26N2O4. The van der Waals surface area contributed by atoms with Gasteiger partial charge in [0.05, 0.1) is 24.7 Å². The van der Waals surface area contributed by atoms with Gasteiger partial charge in [-0.05, 0) is 54.8 Å². The lowest BCUT2D eigenvalue weighted by Gasteiger charge is -2.26. The standard InChI is InChI=1S/C22H26N2O4/c25-24(26)21-9-5-19(6-10-21)3-4-20-7-11-22(12-8-20)28-16-2-1-13-23-14-17-27-18-15-23/h3-12H,1-2,13-18H2/b4-3+. The Kier molecular flexibility index (Phi) is 7.58. The number of nitro benzene ring substituents is 1. The Labute approximate surface area is 165 Å². The Morgan fingerprint density at radius 1 is 0.964 bits per heavy atom. The van der Waals surface area contributed by atoms with Gasteiger partial charge < -0.3 is 9.47 Å². The smallest absolute Gasteiger partial charge is 0.269 e. The van der Waals surface area contributed by atoms with Gasteiger partial charge in [0.1, 0.15) is 5.75 Å². The lowest BCUT2D eigenvalue weighted by atomic mass is 10.1. The quantitative estimate of drug-likeness (QED) is 0.281. The molecule has 1 heterocycles. The van der Waals surface area contributed by atoms with Crippen molar-refractivity contribution < 1.29 is 14.4 Å². The summed E-state index contributed by atoms with van der Waals surface area (Å²) in [7, 11) is 0. The van der Waals surface area contributed by atoms with Crippen LogP contribution in [0.15, 0.2) is 48.5 Å². The number of ether oxygens (including phenoxy) is 2. The van der Waals surface area contributed by atoms with Crippen LogP contribution in [0.3, 0.4) is 0 Å². The van der Waals surface area contributed by atoms with E-state index in [1.54, 1.807) is 12.1 Å². The molecule has 6 heteroatoms. The molecule has 0 saturated carbocycles. The molecule has 28 heavy (non-hydrogen) atoms. The van der Waals surface area contributed by atoms with Gasteiger partial charge in [0.25, 0.3) is 5.69 Å². The molecule has 0 atom stereocenters. The van der Waals surface area contributed by atoms with Crippen molar-refractivity contribution in [2.24, 2.45) is 0 Å². The third-order valence-corrected chi connectivity index (χ3v) is 4.69. The van der Waals surface area contributed by atoms with E-state index >= 15 is 0 Å². The molecular weight excluding hydrogens is 356 g/mol. The minimum absolute atomic E-state index is 0.101. The maximum Gasteiger partial charge on any atom is 0.269 e. The fraction of sp³-hybridized carbons (Fsp3) is 0.364. The fourth-order valence-electron chi connectivity index (χ4n) is 3.03. The van der Waals surface area contributed by atoms with Crippen molar-refractivity contribution in [2.75, 3.05) is 39.5 Å². The molecule has 148 valence electrons. The van der Waals surface area contributed by atoms with Gasteiger partial charge in [0, 0.05) is 25.2 Å². The number of unbranched alkanes of at least 4 members (excludes halogenated alkanes) is 1. The van der Waals surface area contributed by atoms with Gasteiger partial charge in [0.15, 0.2) is 0 Å². The summed E-state index contributed by atoms with van der Waals surface area (Å²) in [6.07, 6.45) is 6.09. The van der Waals surface area contributed by atoms with Gasteiger partial charge in [-0.15, -0.1) is 0 Å². The van der Waals surface area contributed by atoms with Crippen LogP contribution in [-0.4, -0.2) is 49.3 Å². The molecule has 0 unspecified atom stereocenters. The van der Waals surface area contributed by atoms with Crippen LogP contribution in [-0.2, 0) is 4.74 Å². The summed E-state index contributed by atoms with van der Waals surface area (Å²) in [6, 6.07) is 14.4. The van der Waals surface area contributed by atoms with Crippen molar-refractivity contribution in [1.82, 2.24) is 4.90 Å². The van der Waals surface area contributed by atoms with Gasteiger partial charge in [-0.1, -0.05) is 24.3 Å². The maximum absolute atomic E-state index is 10.7. The molecule has 1 aliphatic heterocycles. The van der Waals surface area contributed by atoms with E-state index in [1.165, 1.54) is 12.1 Å². The van der Waals surface area contributed by atoms with Crippen molar-refractivity contribution in [1.29, 1.82) is 0 Å². The number of rotatable bonds is 9. The molecule has 0 amide bonds. The summed E-state index contributed by atoms with van der Waals surface area (Å²) in [6.45, 7) is 5.61. The van der Waals surface area contributed by atoms with Gasteiger partial charge in [-0.3, -0.25) is 15.0 Å². The van der Waals surface area contributed by atoms with Gasteiger partial charge in [0.2, 0.25) is 0 Å². The molecule has 0 N–H and O–H groups in total. The van der Waals surface area contributed by atoms with Gasteiger partial charge in [-0.25, -0.2) is 0 Å². The molecule has 1 saturated heterocycles. The van der Waals surface area contributed by atoms with E-state index in [0.29, 0.717) is 0 Å². The molecule has 0 aliphatic carbocycles. The number of benzene rings is 2. The zero-order chi connectivity index (χ0) is 19.6. The lowest BCUT2D eigenvalue weighted by molar-refractivity contribution is -0.384. The van der Waals surface area contributed by atoms with Crippen molar-refractivity contribution in [3.05, 3.63) is 69.8 Å². The first kappa shape index (κ1) is 20.0. The molecule has 0 bridgehead atoms. The van der Waals surface area contributed by atoms with Gasteiger partial charge >= 0.3 is 0 Å². The van der Waals surface area contributed by atoms with E-state index in [0.717, 1.165) is 69.2 Å². The third kappa shape index (κ3) is 6.48. The van der Waals surface area contributed by atoms with Crippen LogP contribution in [0.25, 0.3) is 12.2 Å². The fourth-order valence-corrected chi connectivity index (χ4v) is 3.03. The number of nitro groups is 1. The van der Waals surface area contributed by atoms with Crippen LogP contribution in [0.4, 0.5) is 5.69 Å². The van der Waals surface area contributed by atoms with E-state index in [4.69, 9.17) is 9.47 Å². The minimum Gasteiger partial charge on any atom is -0.494 e. The summed E-state index contributed by atoms with van der Waals surface area (Å²) < 4.78 is 11.2. The topological polar surface area (TPSA) is 64.8 Å². The number of hydrogen-bond acceptors (Lipinski definition) is 5. The second kappa shape index (κ2) is 10.6. The van der Waals surface area contributed by atoms with Crippen LogP contribution >= 0.6 is 0 Å². The zero-order valence-electron chi connectivity index (χ0n) is 16.0. The number of nitrogens with zero attached hydrogens (tertiary/aromatic N) is 2. The average molecular weight is 382 g/mol. The second-order valence-electron chi connectivity index (χ2n) is 6.76. The van der Waals surface area contributed by atoms with E-state index in [9.17, 15) is 10.1 Å². The first-order valence-electron chi connectivity index (χ1n) is 9.66. The Bertz CT molecular complexity index is 766. The molecule has 1 fully saturated rings. The monoisotopic (exact) mass is 382 g/mol. The summed E-state index contributed by atoms with van der Waals surface area (Å²) >= 11 is 0. The second-order valence-corrected chi connectivity index (χ2v) is 6.76. The van der Waals surface area contributed by atoms with E-state index < -0.39 is 4.92 Å². The molecule has 0 spiro atoms. The van der Waals surface area contributed by atoms with Crippen LogP contribution in [0.2, 0.25) is 0 Å². The SMILES string of the molecule is O=[N+]([O-])c1ccc(/C=C/c2ccc(OCCCCN3CCOCC3)cc2)cc1. The molecule has 2 aromatic carbocycles. The summed E-state index contributed by atoms with van der Waals surface area (Å²) in [5, 5.41) is 10.7. The molecule has 1 aliphatic rings. The molecule has 0 aromatic heterocycles. The van der Waals surface area contributed by atoms with Crippen molar-refractivity contribution in [3.63, 3.8) is 0 Å². The Morgan fingerprint density at radius 3 is 2.18 bits per heavy atom. The van der Waals surface area contributed by atoms with Crippen molar-refractivity contribution in [3.8, 4) is 5.75 Å². The Morgan fingerprint density at radius 2 is 1.57 bits per heavy atom. The summed E-state index contributed by atoms with van der Waals surface area (Å²) in [5.74, 6) is 0.874. The normalized spacial score (nSPS) is 15.0.